The van der Waals surface area contributed by atoms with Crippen LogP contribution >= 0.6 is 0 Å². The summed E-state index contributed by atoms with van der Waals surface area (Å²) in [6.45, 7) is 17.5. The van der Waals surface area contributed by atoms with Gasteiger partial charge >= 0.3 is 5.97 Å². The summed E-state index contributed by atoms with van der Waals surface area (Å²) in [5.41, 5.74) is -1.98. The van der Waals surface area contributed by atoms with Gasteiger partial charge in [0.25, 0.3) is 0 Å². The smallest absolute Gasteiger partial charge is 0.312 e. The van der Waals surface area contributed by atoms with Crippen molar-refractivity contribution in [3.63, 3.8) is 0 Å². The lowest BCUT2D eigenvalue weighted by Gasteiger charge is -2.42. The van der Waals surface area contributed by atoms with Gasteiger partial charge in [-0.1, -0.05) is 39.3 Å². The fraction of sp³-hybridized carbons (Fsp3) is 0.750. The highest BCUT2D eigenvalue weighted by atomic mass is 16.6. The fourth-order valence-electron chi connectivity index (χ4n) is 6.65. The Morgan fingerprint density at radius 3 is 2.47 bits per heavy atom. The Hall–Kier alpha value is -2.19. The molecule has 36 heavy (non-hydrogen) atoms. The van der Waals surface area contributed by atoms with Crippen molar-refractivity contribution in [2.24, 2.45) is 17.8 Å². The maximum Gasteiger partial charge on any atom is 0.312 e. The van der Waals surface area contributed by atoms with Crippen molar-refractivity contribution in [3.05, 3.63) is 25.3 Å². The summed E-state index contributed by atoms with van der Waals surface area (Å²) in [5.74, 6) is -2.65. The van der Waals surface area contributed by atoms with Gasteiger partial charge in [0, 0.05) is 12.6 Å². The third kappa shape index (κ3) is 4.30. The predicted molar refractivity (Wildman–Crippen MR) is 137 cm³/mol. The fourth-order valence-corrected chi connectivity index (χ4v) is 6.65. The van der Waals surface area contributed by atoms with Crippen molar-refractivity contribution >= 4 is 17.8 Å². The van der Waals surface area contributed by atoms with Crippen molar-refractivity contribution in [1.29, 1.82) is 0 Å². The number of nitrogens with zero attached hydrogens (tertiary/aromatic N) is 2. The van der Waals surface area contributed by atoms with E-state index in [1.54, 1.807) is 22.0 Å². The van der Waals surface area contributed by atoms with Crippen LogP contribution in [0, 0.1) is 17.8 Å². The minimum Gasteiger partial charge on any atom is -0.465 e. The first-order chi connectivity index (χ1) is 17.1. The Morgan fingerprint density at radius 1 is 1.25 bits per heavy atom. The van der Waals surface area contributed by atoms with Gasteiger partial charge in [-0.25, -0.2) is 0 Å². The SMILES string of the molecule is C=CCCOC(=O)[C@H]1[C@H]2C(=O)N([C@@H](CO)[C@@H](C)CC)C(C(=O)N(CC=C)C(C)C)C23CC[C@]1(CC)O3. The minimum absolute atomic E-state index is 0.0493. The van der Waals surface area contributed by atoms with E-state index in [1.165, 1.54) is 0 Å². The Morgan fingerprint density at radius 2 is 1.94 bits per heavy atom. The summed E-state index contributed by atoms with van der Waals surface area (Å²) >= 11 is 0. The number of carbonyl (C=O) groups is 3. The number of hydrogen-bond donors (Lipinski definition) is 1. The summed E-state index contributed by atoms with van der Waals surface area (Å²) in [7, 11) is 0. The topological polar surface area (TPSA) is 96.4 Å². The molecule has 8 nitrogen and oxygen atoms in total. The van der Waals surface area contributed by atoms with E-state index < -0.39 is 41.1 Å². The van der Waals surface area contributed by atoms with Crippen LogP contribution in [0.1, 0.15) is 66.7 Å². The molecule has 1 spiro atoms. The Kier molecular flexibility index (Phi) is 8.71. The van der Waals surface area contributed by atoms with E-state index in [0.717, 1.165) is 6.42 Å². The van der Waals surface area contributed by atoms with Crippen LogP contribution in [0.5, 0.6) is 0 Å². The van der Waals surface area contributed by atoms with Crippen molar-refractivity contribution in [3.8, 4) is 0 Å². The summed E-state index contributed by atoms with van der Waals surface area (Å²) in [5, 5.41) is 10.4. The van der Waals surface area contributed by atoms with Crippen LogP contribution in [0.4, 0.5) is 0 Å². The molecule has 2 bridgehead atoms. The normalized spacial score (nSPS) is 32.4. The van der Waals surface area contributed by atoms with Crippen molar-refractivity contribution in [2.45, 2.75) is 96.1 Å². The van der Waals surface area contributed by atoms with Crippen LogP contribution in [-0.2, 0) is 23.9 Å². The monoisotopic (exact) mass is 504 g/mol. The second-order valence-electron chi connectivity index (χ2n) is 10.8. The van der Waals surface area contributed by atoms with Gasteiger partial charge in [-0.05, 0) is 45.4 Å². The number of carbonyl (C=O) groups excluding carboxylic acids is 3. The lowest BCUT2D eigenvalue weighted by molar-refractivity contribution is -0.164. The average molecular weight is 505 g/mol. The summed E-state index contributed by atoms with van der Waals surface area (Å²) in [6, 6.07) is -1.62. The standard InChI is InChI=1S/C28H44N2O6/c1-8-12-16-35-26(34)22-21-24(32)30(20(17-31)19(7)10-3)23(25(33)29(15-9-2)18(5)6)28(21)14-13-27(22,11-4)36-28/h8-9,18-23,31H,1-2,10-17H2,3-7H3/t19-,20-,21-,22+,23?,27-,28?/m0/s1. The third-order valence-electron chi connectivity index (χ3n) is 8.75. The highest BCUT2D eigenvalue weighted by Gasteiger charge is 2.79. The quantitative estimate of drug-likeness (QED) is 0.235. The summed E-state index contributed by atoms with van der Waals surface area (Å²) in [4.78, 5) is 45.3. The van der Waals surface area contributed by atoms with Crippen molar-refractivity contribution in [2.75, 3.05) is 19.8 Å². The highest BCUT2D eigenvalue weighted by Crippen LogP contribution is 2.65. The first kappa shape index (κ1) is 28.4. The second-order valence-corrected chi connectivity index (χ2v) is 10.8. The van der Waals surface area contributed by atoms with E-state index >= 15 is 0 Å². The molecule has 0 aromatic heterocycles. The number of rotatable bonds is 13. The lowest BCUT2D eigenvalue weighted by Crippen LogP contribution is -2.60. The molecule has 0 aromatic carbocycles. The average Bonchev–Trinajstić information content (AvgIpc) is 3.46. The maximum absolute atomic E-state index is 14.3. The molecule has 3 fully saturated rings. The molecule has 7 atom stereocenters. The maximum atomic E-state index is 14.3. The van der Waals surface area contributed by atoms with Crippen molar-refractivity contribution < 1.29 is 29.0 Å². The molecular formula is C28H44N2O6. The van der Waals surface area contributed by atoms with Crippen LogP contribution < -0.4 is 0 Å². The zero-order valence-corrected chi connectivity index (χ0v) is 22.6. The molecule has 0 radical (unpaired) electrons. The Balaban J connectivity index is 2.15. The highest BCUT2D eigenvalue weighted by molar-refractivity contribution is 5.99. The zero-order chi connectivity index (χ0) is 26.8. The molecular weight excluding hydrogens is 460 g/mol. The Bertz CT molecular complexity index is 874. The predicted octanol–water partition coefficient (Wildman–Crippen LogP) is 3.09. The van der Waals surface area contributed by atoms with Crippen LogP contribution in [0.3, 0.4) is 0 Å². The van der Waals surface area contributed by atoms with Crippen LogP contribution in [-0.4, -0.2) is 81.8 Å². The number of aliphatic hydroxyl groups is 1. The first-order valence-electron chi connectivity index (χ1n) is 13.4. The zero-order valence-electron chi connectivity index (χ0n) is 22.6. The van der Waals surface area contributed by atoms with E-state index in [9.17, 15) is 19.5 Å². The van der Waals surface area contributed by atoms with E-state index in [2.05, 4.69) is 13.2 Å². The molecule has 3 rings (SSSR count). The molecule has 2 unspecified atom stereocenters. The van der Waals surface area contributed by atoms with E-state index in [-0.39, 0.29) is 37.0 Å². The van der Waals surface area contributed by atoms with Gasteiger partial charge in [0.05, 0.1) is 30.8 Å². The van der Waals surface area contributed by atoms with E-state index in [0.29, 0.717) is 32.2 Å². The van der Waals surface area contributed by atoms with Gasteiger partial charge in [-0.15, -0.1) is 13.2 Å². The molecule has 3 aliphatic heterocycles. The van der Waals surface area contributed by atoms with Gasteiger partial charge in [-0.3, -0.25) is 14.4 Å². The molecule has 0 aromatic rings. The number of esters is 1. The number of ether oxygens (including phenoxy) is 2. The van der Waals surface area contributed by atoms with Crippen LogP contribution in [0.2, 0.25) is 0 Å². The molecule has 0 aliphatic carbocycles. The number of amides is 2. The number of fused-ring (bicyclic) bond motifs is 1. The van der Waals surface area contributed by atoms with Crippen LogP contribution in [0.15, 0.2) is 25.3 Å². The largest absolute Gasteiger partial charge is 0.465 e. The molecule has 2 amide bonds. The van der Waals surface area contributed by atoms with Gasteiger partial charge in [0.2, 0.25) is 11.8 Å². The minimum atomic E-state index is -1.14. The van der Waals surface area contributed by atoms with Gasteiger partial charge in [-0.2, -0.15) is 0 Å². The Labute approximate surface area is 215 Å². The van der Waals surface area contributed by atoms with E-state index in [4.69, 9.17) is 9.47 Å². The number of hydrogen-bond acceptors (Lipinski definition) is 6. The molecule has 202 valence electrons. The number of aliphatic hydroxyl groups excluding tert-OH is 1. The summed E-state index contributed by atoms with van der Waals surface area (Å²) < 4.78 is 12.4. The van der Waals surface area contributed by atoms with Gasteiger partial charge in [0.15, 0.2) is 0 Å². The van der Waals surface area contributed by atoms with Crippen LogP contribution in [0.25, 0.3) is 0 Å². The molecule has 0 saturated carbocycles. The van der Waals surface area contributed by atoms with Gasteiger partial charge in [0.1, 0.15) is 17.6 Å². The molecule has 8 heteroatoms. The summed E-state index contributed by atoms with van der Waals surface area (Å²) in [6.07, 6.45) is 6.20. The molecule has 3 aliphatic rings. The molecule has 3 saturated heterocycles. The first-order valence-corrected chi connectivity index (χ1v) is 13.4. The molecule has 3 heterocycles. The van der Waals surface area contributed by atoms with E-state index in [1.807, 2.05) is 34.6 Å². The third-order valence-corrected chi connectivity index (χ3v) is 8.75. The lowest BCUT2D eigenvalue weighted by atomic mass is 9.65. The molecule has 1 N–H and O–H groups in total. The van der Waals surface area contributed by atoms with Gasteiger partial charge < -0.3 is 24.4 Å². The second kappa shape index (κ2) is 11.1. The number of likely N-dealkylation sites (tertiary alicyclic amines) is 1. The van der Waals surface area contributed by atoms with Crippen molar-refractivity contribution in [1.82, 2.24) is 9.80 Å².